The first-order chi connectivity index (χ1) is 13.6. The molecule has 2 N–H and O–H groups in total. The molecule has 0 aliphatic carbocycles. The van der Waals surface area contributed by atoms with E-state index in [1.807, 2.05) is 24.4 Å². The highest BCUT2D eigenvalue weighted by Crippen LogP contribution is 2.30. The number of aromatic nitrogens is 3. The summed E-state index contributed by atoms with van der Waals surface area (Å²) >= 11 is 1.37. The molecule has 8 heteroatoms. The average Bonchev–Trinajstić information content (AvgIpc) is 3.36. The largest absolute Gasteiger partial charge is 0.465 e. The van der Waals surface area contributed by atoms with Gasteiger partial charge in [-0.25, -0.2) is 14.3 Å². The lowest BCUT2D eigenvalue weighted by molar-refractivity contribution is 0.104. The molecule has 0 atom stereocenters. The van der Waals surface area contributed by atoms with E-state index in [1.165, 1.54) is 17.5 Å². The number of amides is 1. The molecule has 0 spiro atoms. The summed E-state index contributed by atoms with van der Waals surface area (Å²) < 4.78 is 1.62. The van der Waals surface area contributed by atoms with Crippen LogP contribution in [0.4, 0.5) is 10.5 Å². The van der Waals surface area contributed by atoms with E-state index in [4.69, 9.17) is 5.11 Å². The minimum Gasteiger partial charge on any atom is -0.465 e. The first-order valence-electron chi connectivity index (χ1n) is 8.63. The first-order valence-corrected chi connectivity index (χ1v) is 9.51. The lowest BCUT2D eigenvalue weighted by Crippen LogP contribution is -2.10. The molecule has 0 unspecified atom stereocenters. The zero-order valence-corrected chi connectivity index (χ0v) is 15.7. The average molecular weight is 392 g/mol. The van der Waals surface area contributed by atoms with Crippen molar-refractivity contribution in [1.82, 2.24) is 14.6 Å². The molecule has 0 fully saturated rings. The Morgan fingerprint density at radius 3 is 2.79 bits per heavy atom. The van der Waals surface area contributed by atoms with Crippen LogP contribution in [0.2, 0.25) is 0 Å². The SMILES string of the molecule is CCc1c(NC(=O)O)cccc1-c1ccnc2c(C(=O)c3cccs3)cnn12. The van der Waals surface area contributed by atoms with Gasteiger partial charge < -0.3 is 5.11 Å². The summed E-state index contributed by atoms with van der Waals surface area (Å²) in [4.78, 5) is 28.9. The molecule has 28 heavy (non-hydrogen) atoms. The molecule has 0 saturated heterocycles. The summed E-state index contributed by atoms with van der Waals surface area (Å²) in [6.07, 6.45) is 2.67. The van der Waals surface area contributed by atoms with E-state index >= 15 is 0 Å². The Kier molecular flexibility index (Phi) is 4.62. The summed E-state index contributed by atoms with van der Waals surface area (Å²) in [5.74, 6) is -0.119. The van der Waals surface area contributed by atoms with Crippen LogP contribution in [0.1, 0.15) is 27.7 Å². The fraction of sp³-hybridized carbons (Fsp3) is 0.100. The van der Waals surface area contributed by atoms with Crippen molar-refractivity contribution in [2.45, 2.75) is 13.3 Å². The lowest BCUT2D eigenvalue weighted by atomic mass is 10.00. The summed E-state index contributed by atoms with van der Waals surface area (Å²) in [7, 11) is 0. The third-order valence-corrected chi connectivity index (χ3v) is 5.31. The molecule has 1 aromatic carbocycles. The van der Waals surface area contributed by atoms with Crippen LogP contribution in [0, 0.1) is 0 Å². The van der Waals surface area contributed by atoms with Crippen LogP contribution in [0.3, 0.4) is 0 Å². The van der Waals surface area contributed by atoms with Crippen molar-refractivity contribution in [2.24, 2.45) is 0 Å². The maximum absolute atomic E-state index is 12.8. The zero-order chi connectivity index (χ0) is 19.7. The number of anilines is 1. The summed E-state index contributed by atoms with van der Waals surface area (Å²) in [6.45, 7) is 1.96. The minimum atomic E-state index is -1.12. The van der Waals surface area contributed by atoms with E-state index in [1.54, 1.807) is 35.0 Å². The number of benzene rings is 1. The number of carbonyl (C=O) groups is 2. The number of nitrogens with zero attached hydrogens (tertiary/aromatic N) is 3. The van der Waals surface area contributed by atoms with Gasteiger partial charge in [0.25, 0.3) is 0 Å². The standard InChI is InChI=1S/C20H16N4O3S/c1-2-12-13(5-3-6-15(12)23-20(26)27)16-8-9-21-19-14(11-22-24(16)19)18(25)17-7-4-10-28-17/h3-11,23H,2H2,1H3,(H,26,27). The second-order valence-corrected chi connectivity index (χ2v) is 6.99. The normalized spacial score (nSPS) is 10.9. The Labute approximate surface area is 164 Å². The number of hydrogen-bond acceptors (Lipinski definition) is 5. The van der Waals surface area contributed by atoms with Gasteiger partial charge in [-0.2, -0.15) is 5.10 Å². The van der Waals surface area contributed by atoms with Crippen molar-refractivity contribution in [3.63, 3.8) is 0 Å². The molecule has 0 bridgehead atoms. The van der Waals surface area contributed by atoms with Gasteiger partial charge in [0.2, 0.25) is 5.78 Å². The van der Waals surface area contributed by atoms with Crippen LogP contribution in [-0.4, -0.2) is 31.6 Å². The predicted octanol–water partition coefficient (Wildman–Crippen LogP) is 4.34. The molecule has 140 valence electrons. The molecule has 0 aliphatic rings. The van der Waals surface area contributed by atoms with Crippen molar-refractivity contribution in [3.05, 3.63) is 70.2 Å². The van der Waals surface area contributed by atoms with Crippen LogP contribution in [0.15, 0.2) is 54.2 Å². The van der Waals surface area contributed by atoms with Crippen LogP contribution in [0.5, 0.6) is 0 Å². The summed E-state index contributed by atoms with van der Waals surface area (Å²) in [5.41, 5.74) is 3.84. The fourth-order valence-corrected chi connectivity index (χ4v) is 3.91. The van der Waals surface area contributed by atoms with Gasteiger partial charge >= 0.3 is 6.09 Å². The maximum atomic E-state index is 12.8. The van der Waals surface area contributed by atoms with Gasteiger partial charge in [0.05, 0.1) is 22.3 Å². The lowest BCUT2D eigenvalue weighted by Gasteiger charge is -2.14. The molecule has 4 aromatic rings. The third kappa shape index (κ3) is 3.03. The van der Waals surface area contributed by atoms with Gasteiger partial charge in [-0.15, -0.1) is 11.3 Å². The number of rotatable bonds is 5. The molecule has 0 aliphatic heterocycles. The number of ketones is 1. The number of hydrogen-bond donors (Lipinski definition) is 2. The molecule has 3 heterocycles. The van der Waals surface area contributed by atoms with Crippen LogP contribution < -0.4 is 5.32 Å². The molecule has 0 radical (unpaired) electrons. The molecular weight excluding hydrogens is 376 g/mol. The molecule has 4 rings (SSSR count). The highest BCUT2D eigenvalue weighted by atomic mass is 32.1. The van der Waals surface area contributed by atoms with Crippen molar-refractivity contribution < 1.29 is 14.7 Å². The number of nitrogens with one attached hydrogen (secondary N) is 1. The van der Waals surface area contributed by atoms with Gasteiger partial charge in [-0.05, 0) is 35.6 Å². The zero-order valence-electron chi connectivity index (χ0n) is 14.9. The van der Waals surface area contributed by atoms with Gasteiger partial charge in [0.1, 0.15) is 0 Å². The van der Waals surface area contributed by atoms with Crippen LogP contribution in [-0.2, 0) is 6.42 Å². The third-order valence-electron chi connectivity index (χ3n) is 4.44. The van der Waals surface area contributed by atoms with E-state index in [-0.39, 0.29) is 5.78 Å². The number of carboxylic acid groups (broad SMARTS) is 1. The molecule has 3 aromatic heterocycles. The van der Waals surface area contributed by atoms with Gasteiger partial charge in [0, 0.05) is 17.4 Å². The molecule has 0 saturated carbocycles. The van der Waals surface area contributed by atoms with Crippen LogP contribution >= 0.6 is 11.3 Å². The van der Waals surface area contributed by atoms with Gasteiger partial charge in [-0.1, -0.05) is 25.1 Å². The quantitative estimate of drug-likeness (QED) is 0.493. The Balaban J connectivity index is 1.87. The maximum Gasteiger partial charge on any atom is 0.409 e. The van der Waals surface area contributed by atoms with Crippen molar-refractivity contribution in [3.8, 4) is 11.3 Å². The summed E-state index contributed by atoms with van der Waals surface area (Å²) in [5, 5.41) is 17.8. The van der Waals surface area contributed by atoms with Crippen molar-refractivity contribution in [1.29, 1.82) is 0 Å². The van der Waals surface area contributed by atoms with Crippen LogP contribution in [0.25, 0.3) is 16.9 Å². The molecule has 1 amide bonds. The number of thiophene rings is 1. The van der Waals surface area contributed by atoms with Crippen molar-refractivity contribution in [2.75, 3.05) is 5.32 Å². The fourth-order valence-electron chi connectivity index (χ4n) is 3.24. The summed E-state index contributed by atoms with van der Waals surface area (Å²) in [6, 6.07) is 10.8. The second kappa shape index (κ2) is 7.24. The topological polar surface area (TPSA) is 96.6 Å². The second-order valence-electron chi connectivity index (χ2n) is 6.05. The number of fused-ring (bicyclic) bond motifs is 1. The first kappa shape index (κ1) is 17.9. The Morgan fingerprint density at radius 2 is 2.07 bits per heavy atom. The predicted molar refractivity (Wildman–Crippen MR) is 107 cm³/mol. The smallest absolute Gasteiger partial charge is 0.409 e. The Morgan fingerprint density at radius 1 is 1.21 bits per heavy atom. The highest BCUT2D eigenvalue weighted by molar-refractivity contribution is 7.12. The monoisotopic (exact) mass is 392 g/mol. The Hall–Kier alpha value is -3.52. The van der Waals surface area contributed by atoms with E-state index in [9.17, 15) is 9.59 Å². The highest BCUT2D eigenvalue weighted by Gasteiger charge is 2.20. The van der Waals surface area contributed by atoms with E-state index in [0.29, 0.717) is 28.2 Å². The molecule has 7 nitrogen and oxygen atoms in total. The van der Waals surface area contributed by atoms with E-state index in [2.05, 4.69) is 15.4 Å². The Bertz CT molecular complexity index is 1180. The molecular formula is C20H16N4O3S. The minimum absolute atomic E-state index is 0.119. The van der Waals surface area contributed by atoms with Gasteiger partial charge in [0.15, 0.2) is 5.65 Å². The van der Waals surface area contributed by atoms with E-state index < -0.39 is 6.09 Å². The number of carbonyl (C=O) groups excluding carboxylic acids is 1. The van der Waals surface area contributed by atoms with Gasteiger partial charge in [-0.3, -0.25) is 10.1 Å². The van der Waals surface area contributed by atoms with Crippen molar-refractivity contribution >= 4 is 34.5 Å². The van der Waals surface area contributed by atoms with E-state index in [0.717, 1.165) is 16.8 Å².